The van der Waals surface area contributed by atoms with E-state index in [4.69, 9.17) is 21.2 Å². The number of hydroxylamine groups is 1. The number of likely N-dealkylation sites (N-methyl/N-ethyl adjacent to an activating group) is 1. The van der Waals surface area contributed by atoms with Crippen LogP contribution in [-0.2, 0) is 9.63 Å². The van der Waals surface area contributed by atoms with Crippen LogP contribution in [0.3, 0.4) is 0 Å². The summed E-state index contributed by atoms with van der Waals surface area (Å²) in [4.78, 5) is 34.8. The van der Waals surface area contributed by atoms with Crippen molar-refractivity contribution in [3.05, 3.63) is 72.0 Å². The number of piperidine rings is 1. The maximum atomic E-state index is 12.5. The van der Waals surface area contributed by atoms with Crippen molar-refractivity contribution < 1.29 is 14.4 Å². The largest absolute Gasteiger partial charge is 0.494 e. The number of aromatic nitrogens is 2. The molecule has 0 spiro atoms. The van der Waals surface area contributed by atoms with Gasteiger partial charge in [-0.15, -0.1) is 0 Å². The topological polar surface area (TPSA) is 98.3 Å². The van der Waals surface area contributed by atoms with Gasteiger partial charge in [-0.05, 0) is 49.7 Å². The molecule has 2 aromatic carbocycles. The predicted octanol–water partition coefficient (Wildman–Crippen LogP) is 5.11. The van der Waals surface area contributed by atoms with Crippen molar-refractivity contribution in [1.29, 1.82) is 0 Å². The number of methoxy groups -OCH3 is 1. The Labute approximate surface area is 269 Å². The first-order valence-corrected chi connectivity index (χ1v) is 15.9. The van der Waals surface area contributed by atoms with Crippen LogP contribution in [0.2, 0.25) is 5.02 Å². The van der Waals surface area contributed by atoms with E-state index < -0.39 is 0 Å². The van der Waals surface area contributed by atoms with Gasteiger partial charge in [0.1, 0.15) is 17.9 Å². The summed E-state index contributed by atoms with van der Waals surface area (Å²) >= 11 is 6.27. The van der Waals surface area contributed by atoms with Crippen LogP contribution in [0.5, 0.6) is 5.75 Å². The summed E-state index contributed by atoms with van der Waals surface area (Å²) in [6, 6.07) is 14.1. The average Bonchev–Trinajstić information content (AvgIpc) is 3.56. The number of carbonyl (C=O) groups excluding carboxylic acids is 1. The number of benzene rings is 2. The van der Waals surface area contributed by atoms with Crippen molar-refractivity contribution in [3.8, 4) is 5.75 Å². The predicted molar refractivity (Wildman–Crippen MR) is 179 cm³/mol. The number of nitrogens with one attached hydrogen (secondary N) is 2. The number of carbonyl (C=O) groups is 1. The van der Waals surface area contributed by atoms with Gasteiger partial charge in [0.15, 0.2) is 5.82 Å². The molecule has 45 heavy (non-hydrogen) atoms. The van der Waals surface area contributed by atoms with Crippen LogP contribution in [0, 0.1) is 0 Å². The van der Waals surface area contributed by atoms with E-state index in [0.29, 0.717) is 46.4 Å². The average molecular weight is 633 g/mol. The minimum atomic E-state index is -0.276. The van der Waals surface area contributed by atoms with E-state index in [1.54, 1.807) is 12.2 Å². The molecule has 12 heteroatoms. The molecule has 3 aliphatic rings. The Hall–Kier alpha value is -3.90. The zero-order chi connectivity index (χ0) is 31.3. The molecule has 0 bridgehead atoms. The number of halogens is 1. The molecule has 6 rings (SSSR count). The minimum absolute atomic E-state index is 0.0265. The van der Waals surface area contributed by atoms with Crippen LogP contribution >= 0.6 is 11.6 Å². The highest BCUT2D eigenvalue weighted by atomic mass is 35.5. The van der Waals surface area contributed by atoms with E-state index in [0.717, 1.165) is 69.8 Å². The highest BCUT2D eigenvalue weighted by molar-refractivity contribution is 6.30. The molecule has 3 saturated heterocycles. The fraction of sp³-hybridized carbons (Fsp3) is 0.424. The van der Waals surface area contributed by atoms with Gasteiger partial charge in [-0.2, -0.15) is 0 Å². The van der Waals surface area contributed by atoms with Gasteiger partial charge in [-0.1, -0.05) is 30.3 Å². The SMILES string of the molecule is C=CC(=O)Nc1cc(Nc2cc(N3OCC[C@@H]3c3cccc(Cl)c3)ncn2)c(OC)cc1N1CCC(N2CCN(C)CC2)CC1. The fourth-order valence-electron chi connectivity index (χ4n) is 6.43. The van der Waals surface area contributed by atoms with Gasteiger partial charge in [-0.25, -0.2) is 15.0 Å². The standard InChI is InChI=1S/C33H41ClN8O3/c1-4-33(43)38-26-19-27(30(44-3)20-29(26)41-11-8-25(9-12-41)40-15-13-39(2)14-16-40)37-31-21-32(36-22-35-31)42-28(10-17-45-42)23-6-5-7-24(34)18-23/h4-7,18-22,25,28H,1,8-17H2,2-3H3,(H,38,43)(H,35,36,37)/t28-/m1/s1. The Morgan fingerprint density at radius 3 is 2.58 bits per heavy atom. The lowest BCUT2D eigenvalue weighted by molar-refractivity contribution is -0.111. The van der Waals surface area contributed by atoms with E-state index in [9.17, 15) is 4.79 Å². The van der Waals surface area contributed by atoms with Gasteiger partial charge in [0.05, 0.1) is 36.8 Å². The van der Waals surface area contributed by atoms with Gasteiger partial charge in [0.25, 0.3) is 0 Å². The molecular formula is C33H41ClN8O3. The van der Waals surface area contributed by atoms with Gasteiger partial charge < -0.3 is 25.2 Å². The summed E-state index contributed by atoms with van der Waals surface area (Å²) in [5.41, 5.74) is 3.31. The minimum Gasteiger partial charge on any atom is -0.494 e. The number of piperazine rings is 1. The Morgan fingerprint density at radius 1 is 1.04 bits per heavy atom. The smallest absolute Gasteiger partial charge is 0.247 e. The molecule has 0 aliphatic carbocycles. The van der Waals surface area contributed by atoms with Crippen molar-refractivity contribution in [3.63, 3.8) is 0 Å². The van der Waals surface area contributed by atoms with Crippen LogP contribution in [0.15, 0.2) is 61.4 Å². The van der Waals surface area contributed by atoms with Crippen LogP contribution in [-0.4, -0.2) is 91.7 Å². The number of rotatable bonds is 9. The number of hydrogen-bond acceptors (Lipinski definition) is 10. The summed E-state index contributed by atoms with van der Waals surface area (Å²) in [6.07, 6.45) is 5.73. The molecule has 1 aromatic heterocycles. The summed E-state index contributed by atoms with van der Waals surface area (Å²) in [6.45, 7) is 10.5. The number of anilines is 5. The second-order valence-electron chi connectivity index (χ2n) is 11.7. The Kier molecular flexibility index (Phi) is 9.70. The first kappa shape index (κ1) is 31.1. The first-order valence-electron chi connectivity index (χ1n) is 15.5. The fourth-order valence-corrected chi connectivity index (χ4v) is 6.62. The molecule has 3 fully saturated rings. The van der Waals surface area contributed by atoms with Crippen LogP contribution in [0.1, 0.15) is 30.9 Å². The second kappa shape index (κ2) is 14.0. The van der Waals surface area contributed by atoms with Crippen LogP contribution < -0.4 is 25.3 Å². The highest BCUT2D eigenvalue weighted by Gasteiger charge is 2.30. The molecule has 11 nitrogen and oxygen atoms in total. The van der Waals surface area contributed by atoms with Gasteiger partial charge >= 0.3 is 0 Å². The number of nitrogens with zero attached hydrogens (tertiary/aromatic N) is 6. The number of amides is 1. The molecule has 238 valence electrons. The molecule has 0 saturated carbocycles. The van der Waals surface area contributed by atoms with Crippen LogP contribution in [0.25, 0.3) is 0 Å². The Bertz CT molecular complexity index is 1510. The lowest BCUT2D eigenvalue weighted by atomic mass is 10.0. The maximum absolute atomic E-state index is 12.5. The quantitative estimate of drug-likeness (QED) is 0.310. The van der Waals surface area contributed by atoms with Gasteiger partial charge in [0, 0.05) is 68.9 Å². The van der Waals surface area contributed by atoms with E-state index in [-0.39, 0.29) is 11.9 Å². The zero-order valence-corrected chi connectivity index (χ0v) is 26.7. The molecular weight excluding hydrogens is 592 g/mol. The third kappa shape index (κ3) is 7.17. The molecule has 4 heterocycles. The van der Waals surface area contributed by atoms with Crippen LogP contribution in [0.4, 0.5) is 28.7 Å². The van der Waals surface area contributed by atoms with E-state index in [1.807, 2.05) is 42.5 Å². The van der Waals surface area contributed by atoms with Crippen molar-refractivity contribution in [2.45, 2.75) is 31.3 Å². The van der Waals surface area contributed by atoms with E-state index >= 15 is 0 Å². The van der Waals surface area contributed by atoms with Crippen molar-refractivity contribution in [1.82, 2.24) is 19.8 Å². The molecule has 3 aromatic rings. The second-order valence-corrected chi connectivity index (χ2v) is 12.2. The summed E-state index contributed by atoms with van der Waals surface area (Å²) in [7, 11) is 3.83. The normalized spacial score (nSPS) is 19.8. The molecule has 1 atom stereocenters. The van der Waals surface area contributed by atoms with Gasteiger partial charge in [-0.3, -0.25) is 14.5 Å². The zero-order valence-electron chi connectivity index (χ0n) is 25.9. The number of ether oxygens (including phenoxy) is 1. The molecule has 0 radical (unpaired) electrons. The monoisotopic (exact) mass is 632 g/mol. The highest BCUT2D eigenvalue weighted by Crippen LogP contribution is 2.40. The molecule has 2 N–H and O–H groups in total. The summed E-state index contributed by atoms with van der Waals surface area (Å²) < 4.78 is 5.85. The van der Waals surface area contributed by atoms with Crippen molar-refractivity contribution in [2.24, 2.45) is 0 Å². The maximum Gasteiger partial charge on any atom is 0.247 e. The van der Waals surface area contributed by atoms with E-state index in [2.05, 4.69) is 48.9 Å². The third-order valence-corrected chi connectivity index (χ3v) is 9.13. The Balaban J connectivity index is 1.22. The molecule has 3 aliphatic heterocycles. The summed E-state index contributed by atoms with van der Waals surface area (Å²) in [5.74, 6) is 1.54. The van der Waals surface area contributed by atoms with Gasteiger partial charge in [0.2, 0.25) is 5.91 Å². The molecule has 1 amide bonds. The first-order chi connectivity index (χ1) is 21.9. The molecule has 0 unspecified atom stereocenters. The lowest BCUT2D eigenvalue weighted by Crippen LogP contribution is -2.52. The van der Waals surface area contributed by atoms with E-state index in [1.165, 1.54) is 12.4 Å². The lowest BCUT2D eigenvalue weighted by Gasteiger charge is -2.43. The number of hydrogen-bond donors (Lipinski definition) is 2. The van der Waals surface area contributed by atoms with Crippen molar-refractivity contribution in [2.75, 3.05) is 80.6 Å². The van der Waals surface area contributed by atoms with Crippen molar-refractivity contribution >= 4 is 46.2 Å². The summed E-state index contributed by atoms with van der Waals surface area (Å²) in [5, 5.41) is 8.88. The third-order valence-electron chi connectivity index (χ3n) is 8.90. The Morgan fingerprint density at radius 2 is 1.84 bits per heavy atom.